The lowest BCUT2D eigenvalue weighted by molar-refractivity contribution is -0.388. The highest BCUT2D eigenvalue weighted by molar-refractivity contribution is 9.10. The lowest BCUT2D eigenvalue weighted by atomic mass is 10.2. The van der Waals surface area contributed by atoms with E-state index in [0.29, 0.717) is 14.9 Å². The number of aromatic carboxylic acids is 1. The SMILES string of the molecule is Cc1cnc(Sc2cc(Br)ccc2C(=O)O)c([N+](=O)[O-])c1. The Kier molecular flexibility index (Phi) is 4.59. The standard InChI is InChI=1S/C13H9BrN2O4S/c1-7-4-10(16(19)20)12(15-6-7)21-11-5-8(14)2-3-9(11)13(17)18/h2-6H,1H3,(H,17,18). The maximum Gasteiger partial charge on any atom is 0.336 e. The van der Waals surface area contributed by atoms with E-state index in [2.05, 4.69) is 20.9 Å². The predicted molar refractivity (Wildman–Crippen MR) is 80.9 cm³/mol. The van der Waals surface area contributed by atoms with Gasteiger partial charge in [-0.3, -0.25) is 10.1 Å². The van der Waals surface area contributed by atoms with E-state index in [0.717, 1.165) is 11.8 Å². The average Bonchev–Trinajstić information content (AvgIpc) is 2.40. The second kappa shape index (κ2) is 6.23. The molecule has 0 amide bonds. The summed E-state index contributed by atoms with van der Waals surface area (Å²) in [6.07, 6.45) is 1.51. The van der Waals surface area contributed by atoms with E-state index < -0.39 is 10.9 Å². The van der Waals surface area contributed by atoms with Crippen LogP contribution in [0.3, 0.4) is 0 Å². The highest BCUT2D eigenvalue weighted by Crippen LogP contribution is 2.36. The zero-order valence-corrected chi connectivity index (χ0v) is 13.1. The van der Waals surface area contributed by atoms with Gasteiger partial charge in [0.2, 0.25) is 0 Å². The molecule has 2 rings (SSSR count). The number of hydrogen-bond donors (Lipinski definition) is 1. The van der Waals surface area contributed by atoms with Crippen molar-refractivity contribution in [1.82, 2.24) is 4.98 Å². The van der Waals surface area contributed by atoms with Crippen LogP contribution in [0.5, 0.6) is 0 Å². The van der Waals surface area contributed by atoms with Gasteiger partial charge in [0, 0.05) is 21.6 Å². The molecule has 1 aromatic heterocycles. The summed E-state index contributed by atoms with van der Waals surface area (Å²) in [7, 11) is 0. The highest BCUT2D eigenvalue weighted by Gasteiger charge is 2.20. The van der Waals surface area contributed by atoms with Gasteiger partial charge >= 0.3 is 11.7 Å². The van der Waals surface area contributed by atoms with Gasteiger partial charge in [-0.1, -0.05) is 27.7 Å². The third kappa shape index (κ3) is 3.59. The van der Waals surface area contributed by atoms with Crippen LogP contribution in [-0.2, 0) is 0 Å². The minimum atomic E-state index is -1.10. The summed E-state index contributed by atoms with van der Waals surface area (Å²) in [6.45, 7) is 1.70. The van der Waals surface area contributed by atoms with Crippen LogP contribution >= 0.6 is 27.7 Å². The number of benzene rings is 1. The molecule has 6 nitrogen and oxygen atoms in total. The van der Waals surface area contributed by atoms with E-state index in [4.69, 9.17) is 0 Å². The molecule has 21 heavy (non-hydrogen) atoms. The number of halogens is 1. The summed E-state index contributed by atoms with van der Waals surface area (Å²) in [6, 6.07) is 6.05. The summed E-state index contributed by atoms with van der Waals surface area (Å²) in [5, 5.41) is 20.4. The maximum absolute atomic E-state index is 11.2. The minimum Gasteiger partial charge on any atom is -0.478 e. The van der Waals surface area contributed by atoms with Crippen molar-refractivity contribution in [2.45, 2.75) is 16.8 Å². The van der Waals surface area contributed by atoms with Crippen molar-refractivity contribution < 1.29 is 14.8 Å². The van der Waals surface area contributed by atoms with Crippen LogP contribution in [0, 0.1) is 17.0 Å². The normalized spacial score (nSPS) is 10.4. The van der Waals surface area contributed by atoms with Crippen LogP contribution in [0.2, 0.25) is 0 Å². The summed E-state index contributed by atoms with van der Waals surface area (Å²) in [5.74, 6) is -1.10. The molecule has 0 bridgehead atoms. The Morgan fingerprint density at radius 1 is 1.43 bits per heavy atom. The molecular formula is C13H9BrN2O4S. The van der Waals surface area contributed by atoms with Crippen molar-refractivity contribution in [2.24, 2.45) is 0 Å². The second-order valence-electron chi connectivity index (χ2n) is 4.14. The maximum atomic E-state index is 11.2. The van der Waals surface area contributed by atoms with E-state index in [1.54, 1.807) is 19.1 Å². The van der Waals surface area contributed by atoms with Crippen molar-refractivity contribution in [3.05, 3.63) is 56.2 Å². The molecule has 0 aliphatic rings. The number of carboxylic acids is 1. The number of pyridine rings is 1. The molecule has 0 atom stereocenters. The molecule has 0 saturated heterocycles. The molecule has 0 radical (unpaired) electrons. The van der Waals surface area contributed by atoms with E-state index >= 15 is 0 Å². The number of nitrogens with zero attached hydrogens (tertiary/aromatic N) is 2. The molecule has 0 unspecified atom stereocenters. The molecule has 108 valence electrons. The zero-order chi connectivity index (χ0) is 15.6. The fourth-order valence-corrected chi connectivity index (χ4v) is 3.13. The molecule has 0 spiro atoms. The number of carbonyl (C=O) groups is 1. The Labute approximate surface area is 132 Å². The van der Waals surface area contributed by atoms with Crippen LogP contribution in [-0.4, -0.2) is 21.0 Å². The monoisotopic (exact) mass is 368 g/mol. The minimum absolute atomic E-state index is 0.0693. The van der Waals surface area contributed by atoms with Crippen LogP contribution < -0.4 is 0 Å². The van der Waals surface area contributed by atoms with Gasteiger partial charge in [-0.2, -0.15) is 0 Å². The fraction of sp³-hybridized carbons (Fsp3) is 0.0769. The number of nitro groups is 1. The first-order valence-corrected chi connectivity index (χ1v) is 7.31. The Bertz CT molecular complexity index is 736. The smallest absolute Gasteiger partial charge is 0.336 e. The van der Waals surface area contributed by atoms with E-state index in [-0.39, 0.29) is 16.3 Å². The van der Waals surface area contributed by atoms with Crippen molar-refractivity contribution >= 4 is 39.3 Å². The van der Waals surface area contributed by atoms with Crippen LogP contribution in [0.4, 0.5) is 5.69 Å². The van der Waals surface area contributed by atoms with Gasteiger partial charge in [0.1, 0.15) is 0 Å². The number of aromatic nitrogens is 1. The molecule has 2 aromatic rings. The predicted octanol–water partition coefficient (Wildman–Crippen LogP) is 3.91. The van der Waals surface area contributed by atoms with Crippen LogP contribution in [0.25, 0.3) is 0 Å². The van der Waals surface area contributed by atoms with E-state index in [1.807, 2.05) is 0 Å². The van der Waals surface area contributed by atoms with Gasteiger partial charge in [0.05, 0.1) is 10.5 Å². The van der Waals surface area contributed by atoms with Crippen LogP contribution in [0.1, 0.15) is 15.9 Å². The molecule has 0 fully saturated rings. The van der Waals surface area contributed by atoms with Crippen molar-refractivity contribution in [3.63, 3.8) is 0 Å². The summed E-state index contributed by atoms with van der Waals surface area (Å²) >= 11 is 4.21. The first-order chi connectivity index (χ1) is 9.88. The summed E-state index contributed by atoms with van der Waals surface area (Å²) < 4.78 is 0.685. The Hall–Kier alpha value is -1.93. The Balaban J connectivity index is 2.50. The average molecular weight is 369 g/mol. The van der Waals surface area contributed by atoms with Gasteiger partial charge in [-0.25, -0.2) is 9.78 Å². The van der Waals surface area contributed by atoms with E-state index in [9.17, 15) is 20.0 Å². The molecule has 1 N–H and O–H groups in total. The van der Waals surface area contributed by atoms with E-state index in [1.165, 1.54) is 18.3 Å². The third-order valence-electron chi connectivity index (χ3n) is 2.55. The van der Waals surface area contributed by atoms with Gasteiger partial charge in [-0.15, -0.1) is 0 Å². The fourth-order valence-electron chi connectivity index (χ4n) is 1.61. The molecule has 0 saturated carbocycles. The van der Waals surface area contributed by atoms with Crippen molar-refractivity contribution in [2.75, 3.05) is 0 Å². The van der Waals surface area contributed by atoms with Crippen molar-refractivity contribution in [3.8, 4) is 0 Å². The number of aryl methyl sites for hydroxylation is 1. The van der Waals surface area contributed by atoms with Crippen LogP contribution in [0.15, 0.2) is 44.9 Å². The van der Waals surface area contributed by atoms with Gasteiger partial charge in [0.15, 0.2) is 5.03 Å². The van der Waals surface area contributed by atoms with Gasteiger partial charge in [0.25, 0.3) is 0 Å². The topological polar surface area (TPSA) is 93.3 Å². The first-order valence-electron chi connectivity index (χ1n) is 5.70. The second-order valence-corrected chi connectivity index (χ2v) is 6.09. The summed E-state index contributed by atoms with van der Waals surface area (Å²) in [4.78, 5) is 26.2. The number of rotatable bonds is 4. The lowest BCUT2D eigenvalue weighted by Gasteiger charge is -2.07. The molecular weight excluding hydrogens is 360 g/mol. The molecule has 1 heterocycles. The van der Waals surface area contributed by atoms with Gasteiger partial charge < -0.3 is 5.11 Å². The number of carboxylic acid groups (broad SMARTS) is 1. The molecule has 1 aromatic carbocycles. The first kappa shape index (κ1) is 15.5. The Morgan fingerprint density at radius 3 is 2.76 bits per heavy atom. The number of hydrogen-bond acceptors (Lipinski definition) is 5. The quantitative estimate of drug-likeness (QED) is 0.649. The third-order valence-corrected chi connectivity index (χ3v) is 4.11. The molecule has 0 aliphatic carbocycles. The van der Waals surface area contributed by atoms with Crippen molar-refractivity contribution in [1.29, 1.82) is 0 Å². The zero-order valence-electron chi connectivity index (χ0n) is 10.7. The largest absolute Gasteiger partial charge is 0.478 e. The lowest BCUT2D eigenvalue weighted by Crippen LogP contribution is -2.00. The van der Waals surface area contributed by atoms with Gasteiger partial charge in [-0.05, 0) is 30.7 Å². The molecule has 8 heteroatoms. The Morgan fingerprint density at radius 2 is 2.14 bits per heavy atom. The summed E-state index contributed by atoms with van der Waals surface area (Å²) in [5.41, 5.74) is 0.593. The molecule has 0 aliphatic heterocycles. The highest BCUT2D eigenvalue weighted by atomic mass is 79.9.